The molecule has 0 saturated heterocycles. The van der Waals surface area contributed by atoms with Crippen LogP contribution in [0.4, 0.5) is 0 Å². The summed E-state index contributed by atoms with van der Waals surface area (Å²) in [6.45, 7) is 3.65. The maximum absolute atomic E-state index is 10.8. The standard InChI is InChI=1S/C20H21O2/c1-16(20(21)22)10-8-9-15-19(17-11-4-2-5-12-17)18-13-6-3-7-14-18/h2-7,11-16H,1,8-10H2,(H,21,22). The highest BCUT2D eigenvalue weighted by Crippen LogP contribution is 2.24. The smallest absolute Gasteiger partial charge is 0.306 e. The van der Waals surface area contributed by atoms with Gasteiger partial charge in [-0.25, -0.2) is 0 Å². The van der Waals surface area contributed by atoms with Crippen LogP contribution in [0.3, 0.4) is 0 Å². The van der Waals surface area contributed by atoms with Crippen LogP contribution >= 0.6 is 0 Å². The fourth-order valence-corrected chi connectivity index (χ4v) is 2.37. The monoisotopic (exact) mass is 293 g/mol. The van der Waals surface area contributed by atoms with Crippen molar-refractivity contribution in [3.8, 4) is 0 Å². The van der Waals surface area contributed by atoms with Crippen molar-refractivity contribution in [2.24, 2.45) is 5.92 Å². The molecule has 2 heteroatoms. The van der Waals surface area contributed by atoms with Crippen molar-refractivity contribution in [1.29, 1.82) is 0 Å². The minimum atomic E-state index is -0.824. The van der Waals surface area contributed by atoms with Gasteiger partial charge in [0, 0.05) is 0 Å². The lowest BCUT2D eigenvalue weighted by molar-refractivity contribution is -0.140. The van der Waals surface area contributed by atoms with E-state index in [0.717, 1.165) is 12.8 Å². The molecule has 0 aliphatic rings. The molecule has 0 aromatic heterocycles. The number of rotatable bonds is 7. The van der Waals surface area contributed by atoms with Crippen molar-refractivity contribution in [2.75, 3.05) is 0 Å². The molecule has 113 valence electrons. The molecule has 2 aromatic carbocycles. The fourth-order valence-electron chi connectivity index (χ4n) is 2.37. The SMILES string of the molecule is [CH2]C(CCCC=C(c1ccccc1)c1ccccc1)C(=O)O. The van der Waals surface area contributed by atoms with Gasteiger partial charge in [0.05, 0.1) is 5.92 Å². The van der Waals surface area contributed by atoms with E-state index in [1.54, 1.807) is 0 Å². The Labute approximate surface area is 132 Å². The minimum absolute atomic E-state index is 0.523. The number of hydrogen-bond acceptors (Lipinski definition) is 1. The summed E-state index contributed by atoms with van der Waals surface area (Å²) in [5, 5.41) is 8.87. The van der Waals surface area contributed by atoms with Crippen LogP contribution in [-0.4, -0.2) is 11.1 Å². The summed E-state index contributed by atoms with van der Waals surface area (Å²) >= 11 is 0. The molecule has 0 saturated carbocycles. The van der Waals surface area contributed by atoms with Gasteiger partial charge in [0.2, 0.25) is 0 Å². The number of benzene rings is 2. The lowest BCUT2D eigenvalue weighted by atomic mass is 9.95. The van der Waals surface area contributed by atoms with Crippen LogP contribution in [0.2, 0.25) is 0 Å². The van der Waals surface area contributed by atoms with E-state index >= 15 is 0 Å². The third-order valence-corrected chi connectivity index (χ3v) is 3.62. The van der Waals surface area contributed by atoms with E-state index in [4.69, 9.17) is 5.11 Å². The minimum Gasteiger partial charge on any atom is -0.481 e. The molecule has 2 rings (SSSR count). The first-order valence-electron chi connectivity index (χ1n) is 7.55. The van der Waals surface area contributed by atoms with E-state index in [1.807, 2.05) is 36.4 Å². The van der Waals surface area contributed by atoms with E-state index < -0.39 is 11.9 Å². The van der Waals surface area contributed by atoms with Crippen molar-refractivity contribution in [2.45, 2.75) is 19.3 Å². The van der Waals surface area contributed by atoms with Gasteiger partial charge in [-0.15, -0.1) is 0 Å². The first-order chi connectivity index (χ1) is 10.7. The first-order valence-corrected chi connectivity index (χ1v) is 7.55. The highest BCUT2D eigenvalue weighted by Gasteiger charge is 2.10. The Morgan fingerprint density at radius 3 is 1.95 bits per heavy atom. The van der Waals surface area contributed by atoms with Crippen molar-refractivity contribution < 1.29 is 9.90 Å². The molecule has 2 aromatic rings. The Morgan fingerprint density at radius 1 is 1.00 bits per heavy atom. The molecule has 22 heavy (non-hydrogen) atoms. The topological polar surface area (TPSA) is 37.3 Å². The average Bonchev–Trinajstić information content (AvgIpc) is 2.56. The summed E-state index contributed by atoms with van der Waals surface area (Å²) in [7, 11) is 0. The van der Waals surface area contributed by atoms with Crippen molar-refractivity contribution in [3.05, 3.63) is 84.8 Å². The van der Waals surface area contributed by atoms with Gasteiger partial charge in [0.1, 0.15) is 0 Å². The summed E-state index contributed by atoms with van der Waals surface area (Å²) in [6, 6.07) is 20.5. The molecular weight excluding hydrogens is 272 g/mol. The maximum Gasteiger partial charge on any atom is 0.306 e. The number of allylic oxidation sites excluding steroid dienone is 1. The Hall–Kier alpha value is -2.35. The quantitative estimate of drug-likeness (QED) is 0.743. The van der Waals surface area contributed by atoms with Gasteiger partial charge in [0.25, 0.3) is 0 Å². The molecule has 1 radical (unpaired) electrons. The Kier molecular flexibility index (Phi) is 5.96. The zero-order chi connectivity index (χ0) is 15.8. The van der Waals surface area contributed by atoms with E-state index in [1.165, 1.54) is 16.7 Å². The Bertz CT molecular complexity index is 573. The van der Waals surface area contributed by atoms with Crippen molar-refractivity contribution in [1.82, 2.24) is 0 Å². The van der Waals surface area contributed by atoms with Crippen LogP contribution in [0.5, 0.6) is 0 Å². The van der Waals surface area contributed by atoms with Crippen LogP contribution in [0.25, 0.3) is 5.57 Å². The number of carbonyl (C=O) groups is 1. The van der Waals surface area contributed by atoms with Crippen molar-refractivity contribution >= 4 is 11.5 Å². The molecule has 0 aliphatic carbocycles. The predicted octanol–water partition coefficient (Wildman–Crippen LogP) is 4.82. The zero-order valence-electron chi connectivity index (χ0n) is 12.6. The van der Waals surface area contributed by atoms with E-state index in [2.05, 4.69) is 37.3 Å². The van der Waals surface area contributed by atoms with Crippen LogP contribution in [0.15, 0.2) is 66.7 Å². The van der Waals surface area contributed by atoms with Gasteiger partial charge >= 0.3 is 5.97 Å². The second-order valence-corrected chi connectivity index (χ2v) is 5.32. The predicted molar refractivity (Wildman–Crippen MR) is 90.3 cm³/mol. The summed E-state index contributed by atoms with van der Waals surface area (Å²) in [5.41, 5.74) is 3.55. The number of carboxylic acid groups (broad SMARTS) is 1. The number of unbranched alkanes of at least 4 members (excludes halogenated alkanes) is 1. The third-order valence-electron chi connectivity index (χ3n) is 3.62. The number of carboxylic acids is 1. The van der Waals surface area contributed by atoms with Gasteiger partial charge in [-0.3, -0.25) is 4.79 Å². The zero-order valence-corrected chi connectivity index (χ0v) is 12.6. The third kappa shape index (κ3) is 4.59. The molecule has 0 bridgehead atoms. The molecule has 1 atom stereocenters. The van der Waals surface area contributed by atoms with Gasteiger partial charge in [-0.1, -0.05) is 66.7 Å². The number of aliphatic carboxylic acids is 1. The van der Waals surface area contributed by atoms with Crippen LogP contribution < -0.4 is 0 Å². The lowest BCUT2D eigenvalue weighted by Crippen LogP contribution is -2.09. The van der Waals surface area contributed by atoms with Gasteiger partial charge in [-0.05, 0) is 42.9 Å². The summed E-state index contributed by atoms with van der Waals surface area (Å²) < 4.78 is 0. The van der Waals surface area contributed by atoms with Crippen molar-refractivity contribution in [3.63, 3.8) is 0 Å². The van der Waals surface area contributed by atoms with Gasteiger partial charge in [-0.2, -0.15) is 0 Å². The molecule has 0 spiro atoms. The van der Waals surface area contributed by atoms with Crippen LogP contribution in [0, 0.1) is 12.8 Å². The fraction of sp³-hybridized carbons (Fsp3) is 0.200. The lowest BCUT2D eigenvalue weighted by Gasteiger charge is -2.09. The normalized spacial score (nSPS) is 11.7. The largest absolute Gasteiger partial charge is 0.481 e. The summed E-state index contributed by atoms with van der Waals surface area (Å²) in [4.78, 5) is 10.8. The van der Waals surface area contributed by atoms with Crippen LogP contribution in [-0.2, 0) is 4.79 Å². The summed E-state index contributed by atoms with van der Waals surface area (Å²) in [5.74, 6) is -1.35. The highest BCUT2D eigenvalue weighted by atomic mass is 16.4. The molecule has 0 aliphatic heterocycles. The molecule has 0 fully saturated rings. The second-order valence-electron chi connectivity index (χ2n) is 5.32. The van der Waals surface area contributed by atoms with E-state index in [9.17, 15) is 4.79 Å². The summed E-state index contributed by atoms with van der Waals surface area (Å²) in [6.07, 6.45) is 4.46. The second kappa shape index (κ2) is 8.18. The maximum atomic E-state index is 10.8. The van der Waals surface area contributed by atoms with Gasteiger partial charge < -0.3 is 5.11 Å². The van der Waals surface area contributed by atoms with Gasteiger partial charge in [0.15, 0.2) is 0 Å². The highest BCUT2D eigenvalue weighted by molar-refractivity contribution is 5.79. The molecular formula is C20H21O2. The Balaban J connectivity index is 2.12. The molecule has 0 amide bonds. The van der Waals surface area contributed by atoms with E-state index in [-0.39, 0.29) is 0 Å². The number of hydrogen-bond donors (Lipinski definition) is 1. The molecule has 1 unspecified atom stereocenters. The Morgan fingerprint density at radius 2 is 1.50 bits per heavy atom. The van der Waals surface area contributed by atoms with Crippen LogP contribution in [0.1, 0.15) is 30.4 Å². The molecule has 1 N–H and O–H groups in total. The molecule has 2 nitrogen and oxygen atoms in total. The average molecular weight is 293 g/mol. The molecule has 0 heterocycles. The first kappa shape index (κ1) is 16.0. The van der Waals surface area contributed by atoms with E-state index in [0.29, 0.717) is 6.42 Å².